The molecule has 0 heterocycles. The first-order chi connectivity index (χ1) is 7.16. The topological polar surface area (TPSA) is 54.4 Å². The smallest absolute Gasteiger partial charge is 0.247 e. The number of hydrogen-bond donors (Lipinski definition) is 1. The Hall–Kier alpha value is 0.190. The molecule has 1 rings (SSSR count). The van der Waals surface area contributed by atoms with Crippen molar-refractivity contribution >= 4 is 49.0 Å². The molecular weight excluding hydrogens is 339 g/mol. The van der Waals surface area contributed by atoms with Gasteiger partial charge < -0.3 is 5.11 Å². The van der Waals surface area contributed by atoms with Crippen LogP contribution in [0.1, 0.15) is 11.7 Å². The maximum absolute atomic E-state index is 11.3. The van der Waals surface area contributed by atoms with Crippen molar-refractivity contribution in [1.82, 2.24) is 0 Å². The van der Waals surface area contributed by atoms with Crippen molar-refractivity contribution < 1.29 is 13.5 Å². The van der Waals surface area contributed by atoms with Gasteiger partial charge in [-0.2, -0.15) is 0 Å². The number of alkyl halides is 2. The summed E-state index contributed by atoms with van der Waals surface area (Å²) >= 11 is 14.5. The molecule has 3 nitrogen and oxygen atoms in total. The molecule has 0 aliphatic carbocycles. The van der Waals surface area contributed by atoms with E-state index in [4.69, 9.17) is 23.2 Å². The minimum atomic E-state index is -3.79. The SMILES string of the molecule is CS(=O)(=O)C(Cl)(Cl)[C@H](O)c1ccc(Br)cc1. The van der Waals surface area contributed by atoms with Gasteiger partial charge in [-0.1, -0.05) is 51.3 Å². The lowest BCUT2D eigenvalue weighted by Gasteiger charge is -2.24. The molecule has 0 spiro atoms. The Morgan fingerprint density at radius 3 is 2.12 bits per heavy atom. The third-order valence-corrected chi connectivity index (χ3v) is 5.83. The third kappa shape index (κ3) is 2.90. The Bertz CT molecular complexity index is 470. The molecule has 0 saturated carbocycles. The number of aliphatic hydroxyl groups excluding tert-OH is 1. The summed E-state index contributed by atoms with van der Waals surface area (Å²) in [7, 11) is -3.79. The monoisotopic (exact) mass is 346 g/mol. The molecule has 0 amide bonds. The summed E-state index contributed by atoms with van der Waals surface area (Å²) in [5, 5.41) is 9.82. The van der Waals surface area contributed by atoms with Crippen LogP contribution in [-0.4, -0.2) is 23.4 Å². The number of hydrogen-bond acceptors (Lipinski definition) is 3. The Balaban J connectivity index is 3.12. The predicted octanol–water partition coefficient (Wildman–Crippen LogP) is 2.66. The van der Waals surface area contributed by atoms with Gasteiger partial charge in [0.05, 0.1) is 0 Å². The number of rotatable bonds is 3. The maximum Gasteiger partial charge on any atom is 0.247 e. The first-order valence-corrected chi connectivity index (χ1v) is 7.61. The average molecular weight is 348 g/mol. The van der Waals surface area contributed by atoms with E-state index in [2.05, 4.69) is 15.9 Å². The molecule has 0 bridgehead atoms. The Morgan fingerprint density at radius 1 is 1.31 bits per heavy atom. The van der Waals surface area contributed by atoms with Crippen molar-refractivity contribution in [3.8, 4) is 0 Å². The largest absolute Gasteiger partial charge is 0.384 e. The van der Waals surface area contributed by atoms with E-state index >= 15 is 0 Å². The molecule has 1 aromatic carbocycles. The molecule has 0 saturated heterocycles. The highest BCUT2D eigenvalue weighted by molar-refractivity contribution is 9.10. The van der Waals surface area contributed by atoms with Crippen LogP contribution < -0.4 is 0 Å². The van der Waals surface area contributed by atoms with Gasteiger partial charge in [-0.15, -0.1) is 0 Å². The Kier molecular flexibility index (Phi) is 4.29. The Morgan fingerprint density at radius 2 is 1.75 bits per heavy atom. The van der Waals surface area contributed by atoms with Crippen molar-refractivity contribution in [3.05, 3.63) is 34.3 Å². The van der Waals surface area contributed by atoms with E-state index in [9.17, 15) is 13.5 Å². The summed E-state index contributed by atoms with van der Waals surface area (Å²) in [5.41, 5.74) is 0.332. The molecule has 7 heteroatoms. The second-order valence-corrected chi connectivity index (χ2v) is 8.23. The number of halogens is 3. The van der Waals surface area contributed by atoms with Crippen LogP contribution in [0.15, 0.2) is 28.7 Å². The molecule has 0 fully saturated rings. The molecule has 0 radical (unpaired) electrons. The molecule has 16 heavy (non-hydrogen) atoms. The summed E-state index contributed by atoms with van der Waals surface area (Å²) in [6, 6.07) is 6.40. The van der Waals surface area contributed by atoms with Gasteiger partial charge in [0.2, 0.25) is 3.67 Å². The van der Waals surface area contributed by atoms with E-state index in [1.54, 1.807) is 24.3 Å². The minimum Gasteiger partial charge on any atom is -0.384 e. The molecule has 0 aromatic heterocycles. The van der Waals surface area contributed by atoms with Crippen molar-refractivity contribution in [2.45, 2.75) is 9.77 Å². The Labute approximate surface area is 112 Å². The van der Waals surface area contributed by atoms with Crippen LogP contribution in [0.5, 0.6) is 0 Å². The fourth-order valence-corrected chi connectivity index (χ4v) is 2.10. The fourth-order valence-electron chi connectivity index (χ4n) is 1.04. The van der Waals surface area contributed by atoms with E-state index in [0.717, 1.165) is 10.7 Å². The van der Waals surface area contributed by atoms with E-state index in [-0.39, 0.29) is 0 Å². The van der Waals surface area contributed by atoms with Gasteiger partial charge in [-0.3, -0.25) is 0 Å². The van der Waals surface area contributed by atoms with Crippen LogP contribution in [0.4, 0.5) is 0 Å². The molecule has 0 aliphatic rings. The highest BCUT2D eigenvalue weighted by Crippen LogP contribution is 2.40. The van der Waals surface area contributed by atoms with Crippen molar-refractivity contribution in [2.24, 2.45) is 0 Å². The number of aliphatic hydroxyl groups is 1. The van der Waals surface area contributed by atoms with Crippen LogP contribution in [0.2, 0.25) is 0 Å². The molecule has 90 valence electrons. The first-order valence-electron chi connectivity index (χ1n) is 4.17. The van der Waals surface area contributed by atoms with Crippen molar-refractivity contribution in [2.75, 3.05) is 6.26 Å². The summed E-state index contributed by atoms with van der Waals surface area (Å²) in [6.07, 6.45) is -0.631. The minimum absolute atomic E-state index is 0.332. The second-order valence-electron chi connectivity index (χ2n) is 3.29. The molecule has 1 aromatic rings. The normalized spacial score (nSPS) is 14.8. The van der Waals surface area contributed by atoms with E-state index in [1.165, 1.54) is 0 Å². The van der Waals surface area contributed by atoms with Crippen LogP contribution in [0.25, 0.3) is 0 Å². The molecule has 0 unspecified atom stereocenters. The lowest BCUT2D eigenvalue weighted by atomic mass is 10.1. The highest BCUT2D eigenvalue weighted by atomic mass is 79.9. The maximum atomic E-state index is 11.3. The third-order valence-electron chi connectivity index (χ3n) is 2.00. The van der Waals surface area contributed by atoms with Crippen LogP contribution in [-0.2, 0) is 9.84 Å². The van der Waals surface area contributed by atoms with E-state index in [0.29, 0.717) is 5.56 Å². The van der Waals surface area contributed by atoms with Crippen molar-refractivity contribution in [3.63, 3.8) is 0 Å². The quantitative estimate of drug-likeness (QED) is 0.855. The van der Waals surface area contributed by atoms with Gasteiger partial charge in [-0.25, -0.2) is 8.42 Å². The molecule has 0 aliphatic heterocycles. The summed E-state index contributed by atoms with van der Waals surface area (Å²) in [6.45, 7) is 0. The highest BCUT2D eigenvalue weighted by Gasteiger charge is 2.44. The number of sulfone groups is 1. The van der Waals surface area contributed by atoms with Gasteiger partial charge in [0.15, 0.2) is 9.84 Å². The van der Waals surface area contributed by atoms with Gasteiger partial charge in [0, 0.05) is 10.7 Å². The van der Waals surface area contributed by atoms with Crippen LogP contribution in [0.3, 0.4) is 0 Å². The predicted molar refractivity (Wildman–Crippen MR) is 68.4 cm³/mol. The van der Waals surface area contributed by atoms with Crippen molar-refractivity contribution in [1.29, 1.82) is 0 Å². The average Bonchev–Trinajstić information content (AvgIpc) is 2.16. The number of benzene rings is 1. The molecule has 1 atom stereocenters. The second kappa shape index (κ2) is 4.82. The summed E-state index contributed by atoms with van der Waals surface area (Å²) in [4.78, 5) is 0. The fraction of sp³-hybridized carbons (Fsp3) is 0.333. The zero-order chi connectivity index (χ0) is 12.6. The molecule has 1 N–H and O–H groups in total. The lowest BCUT2D eigenvalue weighted by molar-refractivity contribution is 0.181. The zero-order valence-corrected chi connectivity index (χ0v) is 12.1. The van der Waals surface area contributed by atoms with Crippen LogP contribution >= 0.6 is 39.1 Å². The van der Waals surface area contributed by atoms with Gasteiger partial charge in [0.1, 0.15) is 6.10 Å². The molecular formula is C9H9BrCl2O3S. The lowest BCUT2D eigenvalue weighted by Crippen LogP contribution is -2.32. The summed E-state index contributed by atoms with van der Waals surface area (Å²) in [5.74, 6) is 0. The van der Waals surface area contributed by atoms with E-state index in [1.807, 2.05) is 0 Å². The van der Waals surface area contributed by atoms with Gasteiger partial charge in [0.25, 0.3) is 0 Å². The first kappa shape index (κ1) is 14.3. The van der Waals surface area contributed by atoms with Gasteiger partial charge >= 0.3 is 0 Å². The van der Waals surface area contributed by atoms with E-state index < -0.39 is 19.6 Å². The standard InChI is InChI=1S/C9H9BrCl2O3S/c1-16(14,15)9(11,12)8(13)6-2-4-7(10)5-3-6/h2-5,8,13H,1H3/t8-/m1/s1. The zero-order valence-electron chi connectivity index (χ0n) is 8.19. The summed E-state index contributed by atoms with van der Waals surface area (Å²) < 4.78 is 21.2. The van der Waals surface area contributed by atoms with Crippen LogP contribution in [0, 0.1) is 0 Å². The van der Waals surface area contributed by atoms with Gasteiger partial charge in [-0.05, 0) is 17.7 Å².